The highest BCUT2D eigenvalue weighted by molar-refractivity contribution is 7.10. The fourth-order valence-corrected chi connectivity index (χ4v) is 3.42. The van der Waals surface area contributed by atoms with Crippen LogP contribution < -0.4 is 0 Å². The molecule has 0 saturated heterocycles. The molecule has 1 atom stereocenters. The fourth-order valence-electron chi connectivity index (χ4n) is 2.51. The summed E-state index contributed by atoms with van der Waals surface area (Å²) in [5, 5.41) is 11.4. The maximum Gasteiger partial charge on any atom is 0.325 e. The van der Waals surface area contributed by atoms with Crippen molar-refractivity contribution in [2.75, 3.05) is 40.0 Å². The summed E-state index contributed by atoms with van der Waals surface area (Å²) in [5.74, 6) is -0.760. The molecule has 1 aromatic heterocycles. The summed E-state index contributed by atoms with van der Waals surface area (Å²) in [6, 6.07) is 1.45. The van der Waals surface area contributed by atoms with Gasteiger partial charge in [0, 0.05) is 31.7 Å². The second kappa shape index (κ2) is 7.73. The third-order valence-electron chi connectivity index (χ3n) is 3.47. The molecule has 0 aromatic carbocycles. The van der Waals surface area contributed by atoms with E-state index in [4.69, 9.17) is 9.47 Å². The number of rotatable bonds is 8. The summed E-state index contributed by atoms with van der Waals surface area (Å²) in [6.07, 6.45) is 1.79. The molecule has 1 aliphatic rings. The molecule has 5 nitrogen and oxygen atoms in total. The van der Waals surface area contributed by atoms with Gasteiger partial charge in [-0.15, -0.1) is 11.3 Å². The quantitative estimate of drug-likeness (QED) is 0.742. The number of hydrogen-bond donors (Lipinski definition) is 1. The van der Waals surface area contributed by atoms with Gasteiger partial charge in [-0.05, 0) is 29.9 Å². The van der Waals surface area contributed by atoms with E-state index in [1.54, 1.807) is 18.4 Å². The summed E-state index contributed by atoms with van der Waals surface area (Å²) in [5.41, 5.74) is 0.967. The third-order valence-corrected chi connectivity index (χ3v) is 4.46. The second-order valence-electron chi connectivity index (χ2n) is 4.78. The molecule has 2 rings (SSSR count). The third kappa shape index (κ3) is 3.79. The Morgan fingerprint density at radius 2 is 2.35 bits per heavy atom. The Labute approximate surface area is 123 Å². The number of carbonyl (C=O) groups is 1. The number of methoxy groups -OCH3 is 1. The van der Waals surface area contributed by atoms with E-state index in [2.05, 4.69) is 0 Å². The molecule has 1 aliphatic heterocycles. The van der Waals surface area contributed by atoms with Gasteiger partial charge < -0.3 is 14.6 Å². The minimum Gasteiger partial charge on any atom is -0.480 e. The first-order valence-corrected chi connectivity index (χ1v) is 7.72. The van der Waals surface area contributed by atoms with Crippen LogP contribution in [0.25, 0.3) is 0 Å². The molecule has 0 radical (unpaired) electrons. The Balaban J connectivity index is 1.84. The molecule has 2 heterocycles. The van der Waals surface area contributed by atoms with E-state index < -0.39 is 12.0 Å². The molecule has 0 fully saturated rings. The van der Waals surface area contributed by atoms with Crippen LogP contribution in [0.1, 0.15) is 22.9 Å². The van der Waals surface area contributed by atoms with Gasteiger partial charge in [0.2, 0.25) is 0 Å². The van der Waals surface area contributed by atoms with Gasteiger partial charge in [-0.25, -0.2) is 0 Å². The van der Waals surface area contributed by atoms with Crippen LogP contribution in [-0.4, -0.2) is 56.0 Å². The zero-order valence-electron chi connectivity index (χ0n) is 11.7. The van der Waals surface area contributed by atoms with Gasteiger partial charge >= 0.3 is 5.97 Å². The molecule has 6 heteroatoms. The van der Waals surface area contributed by atoms with Gasteiger partial charge in [-0.1, -0.05) is 0 Å². The minimum atomic E-state index is -0.760. The zero-order valence-corrected chi connectivity index (χ0v) is 12.5. The zero-order chi connectivity index (χ0) is 14.4. The van der Waals surface area contributed by atoms with E-state index in [-0.39, 0.29) is 0 Å². The standard InChI is InChI=1S/C14H21NO4S/c1-18-8-9-19-7-2-5-15-6-3-12-11(4-10-20-12)13(15)14(16)17/h4,10,13H,2-3,5-9H2,1H3,(H,16,17). The maximum atomic E-state index is 11.5. The smallest absolute Gasteiger partial charge is 0.325 e. The molecule has 1 aromatic rings. The molecule has 0 aliphatic carbocycles. The molecule has 0 amide bonds. The van der Waals surface area contributed by atoms with E-state index in [0.717, 1.165) is 31.5 Å². The monoisotopic (exact) mass is 299 g/mol. The number of aliphatic carboxylic acids is 1. The minimum absolute atomic E-state index is 0.496. The number of thiophene rings is 1. The molecular weight excluding hydrogens is 278 g/mol. The Morgan fingerprint density at radius 3 is 3.10 bits per heavy atom. The van der Waals surface area contributed by atoms with Crippen LogP contribution in [0, 0.1) is 0 Å². The first-order valence-electron chi connectivity index (χ1n) is 6.84. The number of ether oxygens (including phenoxy) is 2. The maximum absolute atomic E-state index is 11.5. The van der Waals surface area contributed by atoms with Crippen LogP contribution in [0.5, 0.6) is 0 Å². The molecular formula is C14H21NO4S. The molecule has 0 saturated carbocycles. The summed E-state index contributed by atoms with van der Waals surface area (Å²) < 4.78 is 10.3. The molecule has 1 N–H and O–H groups in total. The van der Waals surface area contributed by atoms with E-state index in [1.165, 1.54) is 4.88 Å². The summed E-state index contributed by atoms with van der Waals surface area (Å²) in [7, 11) is 1.65. The van der Waals surface area contributed by atoms with Crippen LogP contribution >= 0.6 is 11.3 Å². The largest absolute Gasteiger partial charge is 0.480 e. The van der Waals surface area contributed by atoms with Gasteiger partial charge in [0.05, 0.1) is 13.2 Å². The van der Waals surface area contributed by atoms with Gasteiger partial charge in [0.25, 0.3) is 0 Å². The van der Waals surface area contributed by atoms with Crippen molar-refractivity contribution in [1.29, 1.82) is 0 Å². The van der Waals surface area contributed by atoms with Crippen molar-refractivity contribution < 1.29 is 19.4 Å². The highest BCUT2D eigenvalue weighted by Gasteiger charge is 2.33. The van der Waals surface area contributed by atoms with E-state index in [1.807, 2.05) is 16.3 Å². The molecule has 0 spiro atoms. The van der Waals surface area contributed by atoms with Crippen molar-refractivity contribution in [1.82, 2.24) is 4.90 Å². The Bertz CT molecular complexity index is 435. The van der Waals surface area contributed by atoms with Crippen LogP contribution in [0.2, 0.25) is 0 Å². The van der Waals surface area contributed by atoms with Crippen molar-refractivity contribution >= 4 is 17.3 Å². The van der Waals surface area contributed by atoms with Crippen molar-refractivity contribution in [3.63, 3.8) is 0 Å². The lowest BCUT2D eigenvalue weighted by Gasteiger charge is -2.33. The van der Waals surface area contributed by atoms with Gasteiger partial charge in [0.15, 0.2) is 0 Å². The van der Waals surface area contributed by atoms with Gasteiger partial charge in [-0.3, -0.25) is 9.69 Å². The Kier molecular flexibility index (Phi) is 5.97. The van der Waals surface area contributed by atoms with Gasteiger partial charge in [0.1, 0.15) is 6.04 Å². The van der Waals surface area contributed by atoms with E-state index in [9.17, 15) is 9.90 Å². The SMILES string of the molecule is COCCOCCCN1CCc2sccc2C1C(=O)O. The first kappa shape index (κ1) is 15.4. The number of hydrogen-bond acceptors (Lipinski definition) is 5. The molecule has 20 heavy (non-hydrogen) atoms. The predicted octanol–water partition coefficient (Wildman–Crippen LogP) is 1.78. The molecule has 112 valence electrons. The topological polar surface area (TPSA) is 59.0 Å². The molecule has 0 bridgehead atoms. The lowest BCUT2D eigenvalue weighted by molar-refractivity contribution is -0.144. The Hall–Kier alpha value is -0.950. The van der Waals surface area contributed by atoms with E-state index in [0.29, 0.717) is 19.8 Å². The van der Waals surface area contributed by atoms with Crippen LogP contribution in [0.3, 0.4) is 0 Å². The Morgan fingerprint density at radius 1 is 1.50 bits per heavy atom. The number of nitrogens with zero attached hydrogens (tertiary/aromatic N) is 1. The lowest BCUT2D eigenvalue weighted by atomic mass is 10.00. The second-order valence-corrected chi connectivity index (χ2v) is 5.79. The predicted molar refractivity (Wildman–Crippen MR) is 77.3 cm³/mol. The summed E-state index contributed by atoms with van der Waals surface area (Å²) >= 11 is 1.66. The normalized spacial score (nSPS) is 18.9. The van der Waals surface area contributed by atoms with Crippen molar-refractivity contribution in [2.45, 2.75) is 18.9 Å². The van der Waals surface area contributed by atoms with Crippen LogP contribution in [-0.2, 0) is 20.7 Å². The van der Waals surface area contributed by atoms with Crippen molar-refractivity contribution in [2.24, 2.45) is 0 Å². The summed E-state index contributed by atoms with van der Waals surface area (Å²) in [4.78, 5) is 14.8. The fraction of sp³-hybridized carbons (Fsp3) is 0.643. The van der Waals surface area contributed by atoms with Gasteiger partial charge in [-0.2, -0.15) is 0 Å². The summed E-state index contributed by atoms with van der Waals surface area (Å²) in [6.45, 7) is 3.39. The highest BCUT2D eigenvalue weighted by atomic mass is 32.1. The number of fused-ring (bicyclic) bond motifs is 1. The first-order chi connectivity index (χ1) is 9.74. The van der Waals surface area contributed by atoms with Crippen LogP contribution in [0.4, 0.5) is 0 Å². The van der Waals surface area contributed by atoms with Crippen molar-refractivity contribution in [3.8, 4) is 0 Å². The highest BCUT2D eigenvalue weighted by Crippen LogP contribution is 2.33. The molecule has 1 unspecified atom stereocenters. The van der Waals surface area contributed by atoms with Crippen molar-refractivity contribution in [3.05, 3.63) is 21.9 Å². The number of carboxylic acid groups (broad SMARTS) is 1. The average Bonchev–Trinajstić information content (AvgIpc) is 2.90. The lowest BCUT2D eigenvalue weighted by Crippen LogP contribution is -2.39. The van der Waals surface area contributed by atoms with Crippen LogP contribution in [0.15, 0.2) is 11.4 Å². The van der Waals surface area contributed by atoms with E-state index >= 15 is 0 Å². The number of carboxylic acids is 1. The average molecular weight is 299 g/mol.